The summed E-state index contributed by atoms with van der Waals surface area (Å²) in [5.74, 6) is -3.99. The highest BCUT2D eigenvalue weighted by Crippen LogP contribution is 2.21. The average Bonchev–Trinajstić information content (AvgIpc) is 3.43. The minimum atomic E-state index is -1.21. The zero-order chi connectivity index (χ0) is 59.3. The fourth-order valence-corrected chi connectivity index (χ4v) is 6.93. The quantitative estimate of drug-likeness (QED) is 0.0257. The summed E-state index contributed by atoms with van der Waals surface area (Å²) in [7, 11) is 0. The zero-order valence-corrected chi connectivity index (χ0v) is 48.8. The number of rotatable bonds is 53. The van der Waals surface area contributed by atoms with E-state index in [1.54, 1.807) is 13.8 Å². The van der Waals surface area contributed by atoms with Crippen LogP contribution in [0.5, 0.6) is 0 Å². The Morgan fingerprint density at radius 3 is 0.825 bits per heavy atom. The maximum absolute atomic E-state index is 12.1. The molecule has 460 valence electrons. The van der Waals surface area contributed by atoms with Crippen molar-refractivity contribution >= 4 is 59.7 Å². The van der Waals surface area contributed by atoms with Crippen molar-refractivity contribution in [2.45, 2.75) is 233 Å². The molecule has 0 amide bonds. The van der Waals surface area contributed by atoms with Crippen molar-refractivity contribution < 1.29 is 100 Å². The molecule has 21 heteroatoms. The van der Waals surface area contributed by atoms with E-state index >= 15 is 0 Å². The predicted octanol–water partition coefficient (Wildman–Crippen LogP) is 9.49. The highest BCUT2D eigenvalue weighted by atomic mass is 16.6. The van der Waals surface area contributed by atoms with Gasteiger partial charge in [0.15, 0.2) is 0 Å². The van der Waals surface area contributed by atoms with E-state index in [4.69, 9.17) is 47.4 Å². The Kier molecular flexibility index (Phi) is 47.9. The summed E-state index contributed by atoms with van der Waals surface area (Å²) in [6, 6.07) is 0. The normalized spacial score (nSPS) is 11.5. The molecule has 1 N–H and O–H groups in total. The number of esters is 10. The Morgan fingerprint density at radius 1 is 0.325 bits per heavy atom. The number of ether oxygens (including phenoxy) is 10. The summed E-state index contributed by atoms with van der Waals surface area (Å²) >= 11 is 0. The Hall–Kier alpha value is -5.60. The highest BCUT2D eigenvalue weighted by Gasteiger charge is 2.28. The third-order valence-corrected chi connectivity index (χ3v) is 12.4. The Morgan fingerprint density at radius 2 is 0.562 bits per heavy atom. The monoisotopic (exact) mass is 1140 g/mol. The van der Waals surface area contributed by atoms with Gasteiger partial charge in [-0.2, -0.15) is 0 Å². The first-order valence-corrected chi connectivity index (χ1v) is 29.4. The predicted molar refractivity (Wildman–Crippen MR) is 293 cm³/mol. The maximum atomic E-state index is 12.1. The van der Waals surface area contributed by atoms with E-state index in [0.29, 0.717) is 161 Å². The molecule has 80 heavy (non-hydrogen) atoms. The number of carbonyl (C=O) groups excluding carboxylic acids is 10. The number of aliphatic hydroxyl groups is 1. The summed E-state index contributed by atoms with van der Waals surface area (Å²) in [5, 5.41) is 9.87. The summed E-state index contributed by atoms with van der Waals surface area (Å²) in [6.45, 7) is 8.86. The molecule has 0 aliphatic heterocycles. The van der Waals surface area contributed by atoms with Crippen LogP contribution in [-0.2, 0) is 95.3 Å². The number of carbonyl (C=O) groups is 10. The molecule has 0 saturated carbocycles. The van der Waals surface area contributed by atoms with Gasteiger partial charge < -0.3 is 52.5 Å². The number of hydrogen-bond donors (Lipinski definition) is 1. The van der Waals surface area contributed by atoms with Crippen LogP contribution in [0.25, 0.3) is 0 Å². The van der Waals surface area contributed by atoms with Crippen LogP contribution in [0.4, 0.5) is 0 Å². The fourth-order valence-electron chi connectivity index (χ4n) is 6.93. The van der Waals surface area contributed by atoms with Gasteiger partial charge in [-0.05, 0) is 162 Å². The number of unbranched alkanes of at least 4 members (excludes halogenated alkanes) is 15. The van der Waals surface area contributed by atoms with Gasteiger partial charge in [-0.15, -0.1) is 0 Å². The van der Waals surface area contributed by atoms with Crippen LogP contribution >= 0.6 is 0 Å². The second-order valence-electron chi connectivity index (χ2n) is 20.2. The number of aliphatic hydroxyl groups excluding tert-OH is 1. The van der Waals surface area contributed by atoms with E-state index in [9.17, 15) is 53.1 Å². The first kappa shape index (κ1) is 74.4. The second kappa shape index (κ2) is 51.5. The standard InChI is InChI=1S/C59H98O21/c1-5-7-38-71-49(61)29-15-8-22-39-72-50(62)30-16-9-23-40-73-51(63)31-17-10-24-41-74-52(64)32-18-11-25-42-75-53(65)33-19-12-26-43-76-54(66)34-20-13-27-44-77-55(67)35-21-14-28-45-78-56(68)36-37-57(69)79-46-48(60)47-80-58(70)59(3,4)6-2/h36-37,48,60H,5-35,38-47H2,1-4H3/b37-36+. The summed E-state index contributed by atoms with van der Waals surface area (Å²) in [6.07, 6.45) is 18.8. The first-order valence-electron chi connectivity index (χ1n) is 29.4. The molecule has 0 aliphatic rings. The van der Waals surface area contributed by atoms with Crippen LogP contribution in [0.2, 0.25) is 0 Å². The highest BCUT2D eigenvalue weighted by molar-refractivity contribution is 5.91. The van der Waals surface area contributed by atoms with E-state index in [-0.39, 0.29) is 107 Å². The van der Waals surface area contributed by atoms with Gasteiger partial charge in [-0.1, -0.05) is 20.3 Å². The molecule has 0 radical (unpaired) electrons. The van der Waals surface area contributed by atoms with Gasteiger partial charge in [-0.25, -0.2) is 9.59 Å². The van der Waals surface area contributed by atoms with Crippen LogP contribution in [0.3, 0.4) is 0 Å². The minimum absolute atomic E-state index is 0.0916. The first-order chi connectivity index (χ1) is 38.5. The van der Waals surface area contributed by atoms with Crippen molar-refractivity contribution in [2.24, 2.45) is 5.41 Å². The summed E-state index contributed by atoms with van der Waals surface area (Å²) in [5.41, 5.74) is -0.692. The van der Waals surface area contributed by atoms with Gasteiger partial charge in [0.2, 0.25) is 0 Å². The fraction of sp³-hybridized carbons (Fsp3) is 0.797. The molecular formula is C59H98O21. The van der Waals surface area contributed by atoms with Gasteiger partial charge in [0.05, 0.1) is 58.3 Å². The average molecular weight is 1140 g/mol. The maximum Gasteiger partial charge on any atom is 0.331 e. The molecule has 1 unspecified atom stereocenters. The molecule has 0 aromatic heterocycles. The molecule has 0 rings (SSSR count). The molecular weight excluding hydrogens is 1040 g/mol. The number of hydrogen-bond acceptors (Lipinski definition) is 21. The third-order valence-electron chi connectivity index (χ3n) is 12.4. The Bertz CT molecular complexity index is 1760. The van der Waals surface area contributed by atoms with Crippen molar-refractivity contribution in [3.63, 3.8) is 0 Å². The van der Waals surface area contributed by atoms with E-state index in [0.717, 1.165) is 44.3 Å². The van der Waals surface area contributed by atoms with E-state index in [1.807, 2.05) is 13.8 Å². The van der Waals surface area contributed by atoms with Crippen molar-refractivity contribution in [1.82, 2.24) is 0 Å². The van der Waals surface area contributed by atoms with Crippen molar-refractivity contribution in [3.05, 3.63) is 12.2 Å². The van der Waals surface area contributed by atoms with Crippen LogP contribution in [-0.4, -0.2) is 137 Å². The van der Waals surface area contributed by atoms with Gasteiger partial charge in [0.25, 0.3) is 0 Å². The van der Waals surface area contributed by atoms with Crippen molar-refractivity contribution in [3.8, 4) is 0 Å². The lowest BCUT2D eigenvalue weighted by atomic mass is 9.91. The summed E-state index contributed by atoms with van der Waals surface area (Å²) < 4.78 is 51.6. The lowest BCUT2D eigenvalue weighted by molar-refractivity contribution is -0.159. The van der Waals surface area contributed by atoms with Gasteiger partial charge in [-0.3, -0.25) is 38.4 Å². The molecule has 0 bridgehead atoms. The third kappa shape index (κ3) is 49.4. The smallest absolute Gasteiger partial charge is 0.331 e. The Labute approximate surface area is 475 Å². The van der Waals surface area contributed by atoms with Gasteiger partial charge in [0, 0.05) is 57.1 Å². The van der Waals surface area contributed by atoms with Crippen LogP contribution in [0.1, 0.15) is 227 Å². The van der Waals surface area contributed by atoms with E-state index in [1.165, 1.54) is 0 Å². The molecule has 1 atom stereocenters. The molecule has 0 aromatic rings. The Balaban J connectivity index is 3.59. The zero-order valence-electron chi connectivity index (χ0n) is 48.8. The van der Waals surface area contributed by atoms with Crippen molar-refractivity contribution in [1.29, 1.82) is 0 Å². The van der Waals surface area contributed by atoms with Gasteiger partial charge in [0.1, 0.15) is 19.3 Å². The van der Waals surface area contributed by atoms with Crippen LogP contribution < -0.4 is 0 Å². The molecule has 0 spiro atoms. The van der Waals surface area contributed by atoms with Crippen molar-refractivity contribution in [2.75, 3.05) is 66.1 Å². The van der Waals surface area contributed by atoms with E-state index < -0.39 is 36.0 Å². The van der Waals surface area contributed by atoms with E-state index in [2.05, 4.69) is 0 Å². The van der Waals surface area contributed by atoms with Gasteiger partial charge >= 0.3 is 59.7 Å². The largest absolute Gasteiger partial charge is 0.466 e. The molecule has 0 fully saturated rings. The topological polar surface area (TPSA) is 283 Å². The summed E-state index contributed by atoms with van der Waals surface area (Å²) in [4.78, 5) is 119. The molecule has 0 aliphatic carbocycles. The molecule has 0 aromatic carbocycles. The van der Waals surface area contributed by atoms with Crippen LogP contribution in [0.15, 0.2) is 12.2 Å². The molecule has 21 nitrogen and oxygen atoms in total. The molecule has 0 heterocycles. The minimum Gasteiger partial charge on any atom is -0.466 e. The van der Waals surface area contributed by atoms with Crippen LogP contribution in [0, 0.1) is 5.41 Å². The lowest BCUT2D eigenvalue weighted by Gasteiger charge is -2.21. The second-order valence-corrected chi connectivity index (χ2v) is 20.2. The SMILES string of the molecule is CCCCOC(=O)CCCCCOC(=O)CCCCCOC(=O)CCCCCOC(=O)CCCCCOC(=O)CCCCCOC(=O)CCCCCOC(=O)CCCCCOC(=O)/C=C/C(=O)OCC(O)COC(=O)C(C)(C)CC. The molecule has 0 saturated heterocycles. The lowest BCUT2D eigenvalue weighted by Crippen LogP contribution is -2.31.